The molecule has 0 saturated heterocycles. The van der Waals surface area contributed by atoms with E-state index in [1.165, 1.54) is 5.52 Å². The SMILES string of the molecule is CN(C)CCNCCn1cc(Cl)c2ccccc21. The summed E-state index contributed by atoms with van der Waals surface area (Å²) in [7, 11) is 4.17. The molecule has 0 radical (unpaired) electrons. The van der Waals surface area contributed by atoms with Crippen LogP contribution in [-0.4, -0.2) is 43.2 Å². The smallest absolute Gasteiger partial charge is 0.0661 e. The van der Waals surface area contributed by atoms with Crippen LogP contribution in [0.15, 0.2) is 30.5 Å². The van der Waals surface area contributed by atoms with Crippen LogP contribution in [0.2, 0.25) is 5.02 Å². The third-order valence-corrected chi connectivity index (χ3v) is 3.31. The van der Waals surface area contributed by atoms with Crippen molar-refractivity contribution in [2.75, 3.05) is 33.7 Å². The van der Waals surface area contributed by atoms with Gasteiger partial charge in [-0.25, -0.2) is 0 Å². The topological polar surface area (TPSA) is 20.2 Å². The van der Waals surface area contributed by atoms with Crippen LogP contribution in [0.3, 0.4) is 0 Å². The molecule has 18 heavy (non-hydrogen) atoms. The van der Waals surface area contributed by atoms with Crippen LogP contribution in [0.25, 0.3) is 10.9 Å². The van der Waals surface area contributed by atoms with E-state index in [2.05, 4.69) is 47.1 Å². The Morgan fingerprint density at radius 2 is 2.00 bits per heavy atom. The fourth-order valence-electron chi connectivity index (χ4n) is 2.01. The van der Waals surface area contributed by atoms with Crippen molar-refractivity contribution < 1.29 is 0 Å². The van der Waals surface area contributed by atoms with E-state index in [1.54, 1.807) is 0 Å². The zero-order valence-corrected chi connectivity index (χ0v) is 11.7. The molecule has 1 heterocycles. The molecule has 0 aliphatic heterocycles. The van der Waals surface area contributed by atoms with Crippen molar-refractivity contribution in [3.05, 3.63) is 35.5 Å². The highest BCUT2D eigenvalue weighted by Crippen LogP contribution is 2.24. The van der Waals surface area contributed by atoms with E-state index in [0.717, 1.165) is 36.6 Å². The molecule has 0 unspecified atom stereocenters. The Labute approximate surface area is 113 Å². The predicted molar refractivity (Wildman–Crippen MR) is 78.4 cm³/mol. The number of likely N-dealkylation sites (N-methyl/N-ethyl adjacent to an activating group) is 1. The molecule has 1 N–H and O–H groups in total. The van der Waals surface area contributed by atoms with E-state index >= 15 is 0 Å². The first-order chi connectivity index (χ1) is 8.68. The van der Waals surface area contributed by atoms with Crippen molar-refractivity contribution in [1.29, 1.82) is 0 Å². The molecular formula is C14H20ClN3. The number of benzene rings is 1. The molecular weight excluding hydrogens is 246 g/mol. The average Bonchev–Trinajstić information content (AvgIpc) is 2.66. The predicted octanol–water partition coefficient (Wildman–Crippen LogP) is 2.45. The van der Waals surface area contributed by atoms with Crippen LogP contribution in [0, 0.1) is 0 Å². The molecule has 2 aromatic rings. The Hall–Kier alpha value is -1.03. The van der Waals surface area contributed by atoms with E-state index in [1.807, 2.05) is 12.3 Å². The maximum Gasteiger partial charge on any atom is 0.0661 e. The standard InChI is InChI=1S/C14H20ClN3/c1-17(2)9-7-16-8-10-18-11-13(15)12-5-3-4-6-14(12)18/h3-6,11,16H,7-10H2,1-2H3. The maximum atomic E-state index is 6.21. The molecule has 4 heteroatoms. The zero-order valence-electron chi connectivity index (χ0n) is 11.0. The lowest BCUT2D eigenvalue weighted by molar-refractivity contribution is 0.398. The lowest BCUT2D eigenvalue weighted by Crippen LogP contribution is -2.28. The van der Waals surface area contributed by atoms with Gasteiger partial charge in [0.2, 0.25) is 0 Å². The van der Waals surface area contributed by atoms with Gasteiger partial charge in [-0.3, -0.25) is 0 Å². The van der Waals surface area contributed by atoms with E-state index in [9.17, 15) is 0 Å². The quantitative estimate of drug-likeness (QED) is 0.810. The summed E-state index contributed by atoms with van der Waals surface area (Å²) in [6.45, 7) is 3.98. The number of aromatic nitrogens is 1. The maximum absolute atomic E-state index is 6.21. The van der Waals surface area contributed by atoms with Crippen LogP contribution in [0.4, 0.5) is 0 Å². The number of nitrogens with one attached hydrogen (secondary N) is 1. The molecule has 1 aromatic carbocycles. The monoisotopic (exact) mass is 265 g/mol. The van der Waals surface area contributed by atoms with Gasteiger partial charge in [0.1, 0.15) is 0 Å². The fourth-order valence-corrected chi connectivity index (χ4v) is 2.29. The van der Waals surface area contributed by atoms with Crippen molar-refractivity contribution in [2.24, 2.45) is 0 Å². The van der Waals surface area contributed by atoms with Crippen LogP contribution in [0.1, 0.15) is 0 Å². The first-order valence-electron chi connectivity index (χ1n) is 6.27. The van der Waals surface area contributed by atoms with Crippen molar-refractivity contribution in [2.45, 2.75) is 6.54 Å². The first kappa shape index (κ1) is 13.4. The summed E-state index contributed by atoms with van der Waals surface area (Å²) in [4.78, 5) is 2.18. The second-order valence-electron chi connectivity index (χ2n) is 4.74. The summed E-state index contributed by atoms with van der Waals surface area (Å²) in [6.07, 6.45) is 2.01. The number of hydrogen-bond acceptors (Lipinski definition) is 2. The molecule has 0 aliphatic rings. The number of nitrogens with zero attached hydrogens (tertiary/aromatic N) is 2. The molecule has 0 aliphatic carbocycles. The molecule has 0 saturated carbocycles. The molecule has 3 nitrogen and oxygen atoms in total. The van der Waals surface area contributed by atoms with Crippen molar-refractivity contribution in [1.82, 2.24) is 14.8 Å². The van der Waals surface area contributed by atoms with Crippen LogP contribution in [-0.2, 0) is 6.54 Å². The fraction of sp³-hybridized carbons (Fsp3) is 0.429. The van der Waals surface area contributed by atoms with Gasteiger partial charge in [0.05, 0.1) is 5.02 Å². The van der Waals surface area contributed by atoms with Gasteiger partial charge in [0.15, 0.2) is 0 Å². The highest BCUT2D eigenvalue weighted by molar-refractivity contribution is 6.35. The van der Waals surface area contributed by atoms with E-state index in [-0.39, 0.29) is 0 Å². The lowest BCUT2D eigenvalue weighted by atomic mass is 10.2. The summed E-state index contributed by atoms with van der Waals surface area (Å²) in [5.74, 6) is 0. The Bertz CT molecular complexity index is 505. The Morgan fingerprint density at radius 1 is 1.22 bits per heavy atom. The highest BCUT2D eigenvalue weighted by atomic mass is 35.5. The van der Waals surface area contributed by atoms with Crippen molar-refractivity contribution >= 4 is 22.5 Å². The molecule has 0 bridgehead atoms. The normalized spacial score (nSPS) is 11.6. The minimum absolute atomic E-state index is 0.832. The molecule has 98 valence electrons. The minimum atomic E-state index is 0.832. The van der Waals surface area contributed by atoms with Crippen LogP contribution in [0.5, 0.6) is 0 Å². The average molecular weight is 266 g/mol. The van der Waals surface area contributed by atoms with E-state index < -0.39 is 0 Å². The molecule has 0 fully saturated rings. The van der Waals surface area contributed by atoms with Crippen LogP contribution >= 0.6 is 11.6 Å². The van der Waals surface area contributed by atoms with Gasteiger partial charge in [-0.15, -0.1) is 0 Å². The van der Waals surface area contributed by atoms with Crippen LogP contribution < -0.4 is 5.32 Å². The highest BCUT2D eigenvalue weighted by Gasteiger charge is 2.04. The number of rotatable bonds is 6. The zero-order chi connectivity index (χ0) is 13.0. The van der Waals surface area contributed by atoms with Gasteiger partial charge in [0, 0.05) is 43.3 Å². The summed E-state index contributed by atoms with van der Waals surface area (Å²) in [5, 5.41) is 5.40. The summed E-state index contributed by atoms with van der Waals surface area (Å²) in [6, 6.07) is 8.25. The third-order valence-electron chi connectivity index (χ3n) is 3.01. The van der Waals surface area contributed by atoms with E-state index in [4.69, 9.17) is 11.6 Å². The molecule has 0 spiro atoms. The molecule has 0 amide bonds. The van der Waals surface area contributed by atoms with Gasteiger partial charge in [-0.05, 0) is 20.2 Å². The van der Waals surface area contributed by atoms with Crippen molar-refractivity contribution in [3.63, 3.8) is 0 Å². The summed E-state index contributed by atoms with van der Waals surface area (Å²) in [5.41, 5.74) is 1.21. The Balaban J connectivity index is 1.92. The van der Waals surface area contributed by atoms with Crippen molar-refractivity contribution in [3.8, 4) is 0 Å². The number of hydrogen-bond donors (Lipinski definition) is 1. The number of para-hydroxylation sites is 1. The van der Waals surface area contributed by atoms with Gasteiger partial charge in [0.25, 0.3) is 0 Å². The van der Waals surface area contributed by atoms with Gasteiger partial charge in [-0.1, -0.05) is 29.8 Å². The minimum Gasteiger partial charge on any atom is -0.345 e. The summed E-state index contributed by atoms with van der Waals surface area (Å²) >= 11 is 6.21. The second-order valence-corrected chi connectivity index (χ2v) is 5.15. The van der Waals surface area contributed by atoms with E-state index in [0.29, 0.717) is 0 Å². The lowest BCUT2D eigenvalue weighted by Gasteiger charge is -2.11. The molecule has 1 aromatic heterocycles. The van der Waals surface area contributed by atoms with Gasteiger partial charge < -0.3 is 14.8 Å². The number of fused-ring (bicyclic) bond motifs is 1. The second kappa shape index (κ2) is 6.23. The summed E-state index contributed by atoms with van der Waals surface area (Å²) < 4.78 is 2.21. The number of halogens is 1. The largest absolute Gasteiger partial charge is 0.345 e. The molecule has 2 rings (SSSR count). The molecule has 0 atom stereocenters. The van der Waals surface area contributed by atoms with Gasteiger partial charge >= 0.3 is 0 Å². The third kappa shape index (κ3) is 3.25. The Kier molecular flexibility index (Phi) is 4.64. The van der Waals surface area contributed by atoms with Gasteiger partial charge in [-0.2, -0.15) is 0 Å². The first-order valence-corrected chi connectivity index (χ1v) is 6.65. The Morgan fingerprint density at radius 3 is 2.78 bits per heavy atom.